The van der Waals surface area contributed by atoms with Gasteiger partial charge in [0.15, 0.2) is 5.82 Å². The second-order valence-corrected chi connectivity index (χ2v) is 6.72. The number of rotatable bonds is 8. The number of nitrogens with one attached hydrogen (secondary N) is 1. The Morgan fingerprint density at radius 3 is 2.38 bits per heavy atom. The van der Waals surface area contributed by atoms with Crippen molar-refractivity contribution in [3.63, 3.8) is 0 Å². The van der Waals surface area contributed by atoms with Crippen LogP contribution in [0, 0.1) is 0 Å². The molecule has 0 saturated heterocycles. The van der Waals surface area contributed by atoms with E-state index in [1.165, 1.54) is 13.2 Å². The zero-order valence-corrected chi connectivity index (χ0v) is 16.8. The van der Waals surface area contributed by atoms with Gasteiger partial charge in [-0.25, -0.2) is 4.98 Å². The van der Waals surface area contributed by atoms with Gasteiger partial charge in [0.2, 0.25) is 5.16 Å². The van der Waals surface area contributed by atoms with Crippen LogP contribution in [-0.2, 0) is 4.79 Å². The lowest BCUT2D eigenvalue weighted by Crippen LogP contribution is -2.23. The molecule has 1 N–H and O–H groups in total. The Morgan fingerprint density at radius 2 is 1.76 bits per heavy atom. The van der Waals surface area contributed by atoms with Crippen molar-refractivity contribution in [1.82, 2.24) is 15.2 Å². The second kappa shape index (κ2) is 9.16. The van der Waals surface area contributed by atoms with Crippen LogP contribution in [0.15, 0.2) is 52.5 Å². The predicted octanol–water partition coefficient (Wildman–Crippen LogP) is 2.38. The van der Waals surface area contributed by atoms with Gasteiger partial charge < -0.3 is 24.1 Å². The Hall–Kier alpha value is -3.46. The number of carbonyl (C=O) groups is 1. The van der Waals surface area contributed by atoms with E-state index in [9.17, 15) is 9.90 Å². The molecule has 3 aromatic rings. The molecule has 9 heteroatoms. The van der Waals surface area contributed by atoms with E-state index in [1.807, 2.05) is 0 Å². The van der Waals surface area contributed by atoms with E-state index in [0.29, 0.717) is 34.2 Å². The maximum atomic E-state index is 11.6. The highest BCUT2D eigenvalue weighted by Crippen LogP contribution is 2.31. The molecule has 3 rings (SSSR count). The van der Waals surface area contributed by atoms with Crippen LogP contribution in [0.1, 0.15) is 5.56 Å². The quantitative estimate of drug-likeness (QED) is 0.444. The topological polar surface area (TPSA) is 109 Å². The molecular weight excluding hydrogens is 394 g/mol. The molecule has 1 heterocycles. The van der Waals surface area contributed by atoms with Crippen LogP contribution < -0.4 is 19.3 Å². The molecule has 1 aromatic heterocycles. The van der Waals surface area contributed by atoms with Gasteiger partial charge in [0.25, 0.3) is 0 Å². The maximum absolute atomic E-state index is 11.6. The van der Waals surface area contributed by atoms with Crippen LogP contribution in [0.4, 0.5) is 0 Å². The van der Waals surface area contributed by atoms with E-state index < -0.39 is 5.97 Å². The highest BCUT2D eigenvalue weighted by Gasteiger charge is 2.13. The molecule has 0 bridgehead atoms. The van der Waals surface area contributed by atoms with Crippen LogP contribution in [-0.4, -0.2) is 42.5 Å². The number of carboxylic acid groups (broad SMARTS) is 1. The molecule has 0 fully saturated rings. The first-order chi connectivity index (χ1) is 14.0. The summed E-state index contributed by atoms with van der Waals surface area (Å²) in [4.78, 5) is 15.9. The molecule has 150 valence electrons. The average molecular weight is 412 g/mol. The number of carbonyl (C=O) groups excluding carboxylic acids is 1. The molecule has 0 saturated carbocycles. The van der Waals surface area contributed by atoms with Crippen LogP contribution >= 0.6 is 11.8 Å². The largest absolute Gasteiger partial charge is 0.544 e. The number of hydrogen-bond donors (Lipinski definition) is 1. The number of H-pyrrole nitrogens is 1. The highest BCUT2D eigenvalue weighted by atomic mass is 32.2. The van der Waals surface area contributed by atoms with Crippen molar-refractivity contribution in [2.24, 2.45) is 0 Å². The van der Waals surface area contributed by atoms with Gasteiger partial charge in [0, 0.05) is 22.1 Å². The Morgan fingerprint density at radius 1 is 1.07 bits per heavy atom. The van der Waals surface area contributed by atoms with Gasteiger partial charge in [-0.2, -0.15) is 0 Å². The minimum atomic E-state index is -1.34. The van der Waals surface area contributed by atoms with Crippen molar-refractivity contribution in [1.29, 1.82) is 0 Å². The van der Waals surface area contributed by atoms with E-state index >= 15 is 0 Å². The monoisotopic (exact) mass is 412 g/mol. The normalized spacial score (nSPS) is 11.2. The van der Waals surface area contributed by atoms with Crippen LogP contribution in [0.2, 0.25) is 0 Å². The number of hydrogen-bond acceptors (Lipinski definition) is 8. The summed E-state index contributed by atoms with van der Waals surface area (Å²) in [6, 6.07) is 12.3. The van der Waals surface area contributed by atoms with Gasteiger partial charge in [0.05, 0.1) is 27.3 Å². The molecular formula is C20H18N3O5S-. The molecule has 0 radical (unpaired) electrons. The molecule has 0 atom stereocenters. The van der Waals surface area contributed by atoms with Crippen LogP contribution in [0.3, 0.4) is 0 Å². The summed E-state index contributed by atoms with van der Waals surface area (Å²) in [5, 5.41) is 18.7. The summed E-state index contributed by atoms with van der Waals surface area (Å²) in [6.45, 7) is 0. The number of nitrogens with zero attached hydrogens (tertiary/aromatic N) is 2. The third-order valence-corrected chi connectivity index (χ3v) is 4.79. The molecule has 0 amide bonds. The fraction of sp³-hybridized carbons (Fsp3) is 0.150. The summed E-state index contributed by atoms with van der Waals surface area (Å²) in [5.41, 5.74) is 1.29. The molecule has 2 aromatic carbocycles. The Balaban J connectivity index is 1.90. The molecule has 0 aliphatic carbocycles. The summed E-state index contributed by atoms with van der Waals surface area (Å²) < 4.78 is 15.8. The average Bonchev–Trinajstić information content (AvgIpc) is 3.21. The number of aliphatic carboxylic acids is 1. The fourth-order valence-electron chi connectivity index (χ4n) is 2.52. The standard InChI is InChI=1S/C20H19N3O5S/c1-26-14-8-13(9-15(11-14)27-2)18-21-20(23-22-18)29-17(19(24)25)10-12-6-4-5-7-16(12)28-3/h4-11H,1-3H3,(H,24,25)(H,21,22,23)/p-1/b17-10+. The lowest BCUT2D eigenvalue weighted by atomic mass is 10.2. The summed E-state index contributed by atoms with van der Waals surface area (Å²) in [7, 11) is 4.62. The first-order valence-corrected chi connectivity index (χ1v) is 9.25. The van der Waals surface area contributed by atoms with E-state index in [2.05, 4.69) is 15.2 Å². The van der Waals surface area contributed by atoms with Gasteiger partial charge in [-0.1, -0.05) is 18.2 Å². The summed E-state index contributed by atoms with van der Waals surface area (Å²) in [6.07, 6.45) is 1.46. The number of aromatic amines is 1. The SMILES string of the molecule is COc1cc(OC)cc(-c2nc(S/C(=C/c3ccccc3OC)C(=O)[O-])n[nH]2)c1. The van der Waals surface area contributed by atoms with E-state index in [-0.39, 0.29) is 10.1 Å². The van der Waals surface area contributed by atoms with Gasteiger partial charge >= 0.3 is 0 Å². The molecule has 0 aliphatic heterocycles. The Labute approximate surface area is 171 Å². The van der Waals surface area contributed by atoms with E-state index in [0.717, 1.165) is 11.8 Å². The smallest absolute Gasteiger partial charge is 0.213 e. The molecule has 8 nitrogen and oxygen atoms in total. The summed E-state index contributed by atoms with van der Waals surface area (Å²) in [5.74, 6) is 0.842. The molecule has 0 spiro atoms. The van der Waals surface area contributed by atoms with Crippen molar-refractivity contribution < 1.29 is 24.1 Å². The number of carboxylic acids is 1. The summed E-state index contributed by atoms with van der Waals surface area (Å²) >= 11 is 0.874. The Kier molecular flexibility index (Phi) is 6.40. The number of ether oxygens (including phenoxy) is 3. The van der Waals surface area contributed by atoms with E-state index in [1.54, 1.807) is 56.7 Å². The van der Waals surface area contributed by atoms with Crippen molar-refractivity contribution in [2.45, 2.75) is 5.16 Å². The first kappa shape index (κ1) is 20.3. The van der Waals surface area contributed by atoms with Crippen LogP contribution in [0.5, 0.6) is 17.2 Å². The number of methoxy groups -OCH3 is 3. The van der Waals surface area contributed by atoms with Crippen molar-refractivity contribution in [3.05, 3.63) is 52.9 Å². The fourth-order valence-corrected chi connectivity index (χ4v) is 3.21. The molecule has 0 aliphatic rings. The zero-order valence-electron chi connectivity index (χ0n) is 16.0. The van der Waals surface area contributed by atoms with Crippen molar-refractivity contribution >= 4 is 23.8 Å². The van der Waals surface area contributed by atoms with Gasteiger partial charge in [-0.15, -0.1) is 5.10 Å². The third-order valence-electron chi connectivity index (χ3n) is 3.92. The number of benzene rings is 2. The lowest BCUT2D eigenvalue weighted by molar-refractivity contribution is -0.297. The van der Waals surface area contributed by atoms with Crippen molar-refractivity contribution in [3.8, 4) is 28.6 Å². The minimum Gasteiger partial charge on any atom is -0.544 e. The number of aromatic nitrogens is 3. The molecule has 29 heavy (non-hydrogen) atoms. The van der Waals surface area contributed by atoms with Crippen LogP contribution in [0.25, 0.3) is 17.5 Å². The third kappa shape index (κ3) is 4.88. The highest BCUT2D eigenvalue weighted by molar-refractivity contribution is 8.04. The minimum absolute atomic E-state index is 0.0525. The van der Waals surface area contributed by atoms with Gasteiger partial charge in [0.1, 0.15) is 17.2 Å². The predicted molar refractivity (Wildman–Crippen MR) is 107 cm³/mol. The lowest BCUT2D eigenvalue weighted by Gasteiger charge is -2.08. The number of thioether (sulfide) groups is 1. The molecule has 0 unspecified atom stereocenters. The zero-order chi connectivity index (χ0) is 20.8. The Bertz CT molecular complexity index is 1030. The second-order valence-electron chi connectivity index (χ2n) is 5.71. The van der Waals surface area contributed by atoms with Crippen molar-refractivity contribution in [2.75, 3.05) is 21.3 Å². The van der Waals surface area contributed by atoms with Gasteiger partial charge in [-0.3, -0.25) is 5.10 Å². The van der Waals surface area contributed by atoms with Gasteiger partial charge in [-0.05, 0) is 36.0 Å². The van der Waals surface area contributed by atoms with E-state index in [4.69, 9.17) is 14.2 Å². The first-order valence-electron chi connectivity index (χ1n) is 8.43. The maximum Gasteiger partial charge on any atom is 0.213 e. The number of para-hydroxylation sites is 1.